The Morgan fingerprint density at radius 3 is 2.50 bits per heavy atom. The number of hydrogen-bond acceptors (Lipinski definition) is 3. The molecular weight excluding hydrogens is 309 g/mol. The van der Waals surface area contributed by atoms with Crippen LogP contribution < -0.4 is 10.9 Å². The molecule has 0 atom stereocenters. The summed E-state index contributed by atoms with van der Waals surface area (Å²) in [4.78, 5) is 28.3. The molecule has 3 rings (SSSR count). The summed E-state index contributed by atoms with van der Waals surface area (Å²) < 4.78 is 12.8. The van der Waals surface area contributed by atoms with Crippen LogP contribution in [0.2, 0.25) is 0 Å². The maximum absolute atomic E-state index is 12.8. The van der Waals surface area contributed by atoms with Crippen molar-refractivity contribution >= 4 is 22.7 Å². The van der Waals surface area contributed by atoms with E-state index in [4.69, 9.17) is 0 Å². The normalized spacial score (nSPS) is 10.4. The highest BCUT2D eigenvalue weighted by Crippen LogP contribution is 2.15. The van der Waals surface area contributed by atoms with Crippen molar-refractivity contribution in [2.75, 3.05) is 0 Å². The minimum atomic E-state index is -0.430. The van der Waals surface area contributed by atoms with E-state index >= 15 is 0 Å². The lowest BCUT2D eigenvalue weighted by molar-refractivity contribution is -0.121. The first-order valence-electron chi connectivity index (χ1n) is 7.31. The Hall–Kier alpha value is -3.28. The number of nitrogens with one attached hydrogen (secondary N) is 2. The molecule has 2 N–H and O–H groups in total. The second-order valence-electron chi connectivity index (χ2n) is 5.18. The van der Waals surface area contributed by atoms with Crippen molar-refractivity contribution in [1.29, 1.82) is 0 Å². The Morgan fingerprint density at radius 2 is 1.71 bits per heavy atom. The molecule has 5 nitrogen and oxygen atoms in total. The Labute approximate surface area is 137 Å². The van der Waals surface area contributed by atoms with Gasteiger partial charge in [-0.1, -0.05) is 30.3 Å². The van der Waals surface area contributed by atoms with E-state index in [-0.39, 0.29) is 12.2 Å². The monoisotopic (exact) mass is 323 g/mol. The summed E-state index contributed by atoms with van der Waals surface area (Å²) >= 11 is 0. The molecule has 0 saturated heterocycles. The Kier molecular flexibility index (Phi) is 4.47. The van der Waals surface area contributed by atoms with E-state index in [1.165, 1.54) is 30.5 Å². The van der Waals surface area contributed by atoms with Crippen molar-refractivity contribution in [3.8, 4) is 0 Å². The molecule has 3 aromatic rings. The van der Waals surface area contributed by atoms with Gasteiger partial charge in [0, 0.05) is 11.6 Å². The standard InChI is InChI=1S/C18H14FN3O2/c19-13-7-5-12(6-8-13)11-17(23)21-22-18(24)15-9-10-20-16-4-2-1-3-14(15)16/h1-10H,11H2,(H,21,23)(H,22,24). The van der Waals surface area contributed by atoms with E-state index in [1.54, 1.807) is 18.2 Å². The van der Waals surface area contributed by atoms with Crippen molar-refractivity contribution in [1.82, 2.24) is 15.8 Å². The summed E-state index contributed by atoms with van der Waals surface area (Å²) in [5, 5.41) is 0.699. The number of carbonyl (C=O) groups excluding carboxylic acids is 2. The second kappa shape index (κ2) is 6.87. The van der Waals surface area contributed by atoms with E-state index in [0.717, 1.165) is 0 Å². The van der Waals surface area contributed by atoms with Gasteiger partial charge < -0.3 is 0 Å². The molecule has 0 saturated carbocycles. The van der Waals surface area contributed by atoms with Gasteiger partial charge in [-0.05, 0) is 29.8 Å². The van der Waals surface area contributed by atoms with Crippen LogP contribution in [0, 0.1) is 5.82 Å². The van der Waals surface area contributed by atoms with E-state index in [1.807, 2.05) is 12.1 Å². The number of carbonyl (C=O) groups is 2. The van der Waals surface area contributed by atoms with E-state index in [0.29, 0.717) is 22.0 Å². The minimum absolute atomic E-state index is 0.0393. The van der Waals surface area contributed by atoms with E-state index < -0.39 is 11.8 Å². The summed E-state index contributed by atoms with van der Waals surface area (Å²) in [7, 11) is 0. The van der Waals surface area contributed by atoms with Gasteiger partial charge in [0.05, 0.1) is 17.5 Å². The van der Waals surface area contributed by atoms with Crippen molar-refractivity contribution in [2.24, 2.45) is 0 Å². The smallest absolute Gasteiger partial charge is 0.270 e. The SMILES string of the molecule is O=C(Cc1ccc(F)cc1)NNC(=O)c1ccnc2ccccc12. The number of pyridine rings is 1. The van der Waals surface area contributed by atoms with Gasteiger partial charge in [0.2, 0.25) is 5.91 Å². The Bertz CT molecular complexity index is 889. The summed E-state index contributed by atoms with van der Waals surface area (Å²) in [6, 6.07) is 14.4. The van der Waals surface area contributed by atoms with Crippen molar-refractivity contribution in [2.45, 2.75) is 6.42 Å². The van der Waals surface area contributed by atoms with Gasteiger partial charge in [0.1, 0.15) is 5.82 Å². The molecular formula is C18H14FN3O2. The second-order valence-corrected chi connectivity index (χ2v) is 5.18. The van der Waals surface area contributed by atoms with Gasteiger partial charge in [0.25, 0.3) is 5.91 Å². The van der Waals surface area contributed by atoms with E-state index in [9.17, 15) is 14.0 Å². The van der Waals surface area contributed by atoms with Crippen LogP contribution in [-0.4, -0.2) is 16.8 Å². The number of nitrogens with zero attached hydrogens (tertiary/aromatic N) is 1. The fourth-order valence-corrected chi connectivity index (χ4v) is 2.32. The molecule has 2 aromatic carbocycles. The maximum Gasteiger partial charge on any atom is 0.270 e. The number of benzene rings is 2. The van der Waals surface area contributed by atoms with Crippen LogP contribution in [0.5, 0.6) is 0 Å². The van der Waals surface area contributed by atoms with Crippen molar-refractivity contribution < 1.29 is 14.0 Å². The third-order valence-electron chi connectivity index (χ3n) is 3.49. The lowest BCUT2D eigenvalue weighted by Gasteiger charge is -2.09. The van der Waals surface area contributed by atoms with Crippen molar-refractivity contribution in [3.63, 3.8) is 0 Å². The Balaban J connectivity index is 1.64. The molecule has 0 aliphatic carbocycles. The Morgan fingerprint density at radius 1 is 0.958 bits per heavy atom. The zero-order valence-electron chi connectivity index (χ0n) is 12.6. The molecule has 0 radical (unpaired) electrons. The number of halogens is 1. The number of para-hydroxylation sites is 1. The summed E-state index contributed by atoms with van der Waals surface area (Å²) in [5.41, 5.74) is 6.50. The predicted molar refractivity (Wildman–Crippen MR) is 87.5 cm³/mol. The number of aromatic nitrogens is 1. The van der Waals surface area contributed by atoms with Gasteiger partial charge >= 0.3 is 0 Å². The minimum Gasteiger partial charge on any atom is -0.273 e. The maximum atomic E-state index is 12.8. The average Bonchev–Trinajstić information content (AvgIpc) is 2.61. The van der Waals surface area contributed by atoms with Gasteiger partial charge in [0.15, 0.2) is 0 Å². The van der Waals surface area contributed by atoms with Crippen molar-refractivity contribution in [3.05, 3.63) is 77.7 Å². The lowest BCUT2D eigenvalue weighted by atomic mass is 10.1. The molecule has 1 aromatic heterocycles. The molecule has 0 aliphatic rings. The molecule has 0 spiro atoms. The quantitative estimate of drug-likeness (QED) is 0.727. The molecule has 6 heteroatoms. The van der Waals surface area contributed by atoms with Crippen LogP contribution in [0.1, 0.15) is 15.9 Å². The molecule has 0 unspecified atom stereocenters. The first-order chi connectivity index (χ1) is 11.6. The number of amides is 2. The number of hydrogen-bond donors (Lipinski definition) is 2. The molecule has 2 amide bonds. The first-order valence-corrected chi connectivity index (χ1v) is 7.31. The third kappa shape index (κ3) is 3.55. The predicted octanol–water partition coefficient (Wildman–Crippen LogP) is 2.38. The molecule has 0 fully saturated rings. The lowest BCUT2D eigenvalue weighted by Crippen LogP contribution is -2.42. The van der Waals surface area contributed by atoms with Gasteiger partial charge in [-0.3, -0.25) is 25.4 Å². The topological polar surface area (TPSA) is 71.1 Å². The number of rotatable bonds is 3. The number of hydrazine groups is 1. The molecule has 1 heterocycles. The molecule has 24 heavy (non-hydrogen) atoms. The molecule has 0 aliphatic heterocycles. The highest BCUT2D eigenvalue weighted by molar-refractivity contribution is 6.06. The zero-order valence-corrected chi connectivity index (χ0v) is 12.6. The highest BCUT2D eigenvalue weighted by atomic mass is 19.1. The molecule has 120 valence electrons. The summed E-state index contributed by atoms with van der Waals surface area (Å²) in [6.45, 7) is 0. The highest BCUT2D eigenvalue weighted by Gasteiger charge is 2.11. The molecule has 0 bridgehead atoms. The summed E-state index contributed by atoms with van der Waals surface area (Å²) in [6.07, 6.45) is 1.58. The first kappa shape index (κ1) is 15.6. The fourth-order valence-electron chi connectivity index (χ4n) is 2.32. The van der Waals surface area contributed by atoms with Gasteiger partial charge in [-0.2, -0.15) is 0 Å². The zero-order chi connectivity index (χ0) is 16.9. The largest absolute Gasteiger partial charge is 0.273 e. The van der Waals surface area contributed by atoms with Crippen LogP contribution in [0.15, 0.2) is 60.8 Å². The van der Waals surface area contributed by atoms with E-state index in [2.05, 4.69) is 15.8 Å². The van der Waals surface area contributed by atoms with Gasteiger partial charge in [-0.15, -0.1) is 0 Å². The van der Waals surface area contributed by atoms with Crippen LogP contribution in [-0.2, 0) is 11.2 Å². The fraction of sp³-hybridized carbons (Fsp3) is 0.0556. The van der Waals surface area contributed by atoms with Crippen LogP contribution >= 0.6 is 0 Å². The van der Waals surface area contributed by atoms with Gasteiger partial charge in [-0.25, -0.2) is 4.39 Å². The average molecular weight is 323 g/mol. The van der Waals surface area contributed by atoms with Crippen LogP contribution in [0.4, 0.5) is 4.39 Å². The third-order valence-corrected chi connectivity index (χ3v) is 3.49. The number of fused-ring (bicyclic) bond motifs is 1. The summed E-state index contributed by atoms with van der Waals surface area (Å²) in [5.74, 6) is -1.19. The van der Waals surface area contributed by atoms with Crippen LogP contribution in [0.3, 0.4) is 0 Å². The van der Waals surface area contributed by atoms with Crippen LogP contribution in [0.25, 0.3) is 10.9 Å².